The summed E-state index contributed by atoms with van der Waals surface area (Å²) in [4.78, 5) is 14.0. The Morgan fingerprint density at radius 3 is 2.25 bits per heavy atom. The molecule has 192 valence electrons. The Kier molecular flexibility index (Phi) is 7.98. The third-order valence-electron chi connectivity index (χ3n) is 5.44. The monoisotopic (exact) mass is 520 g/mol. The van der Waals surface area contributed by atoms with Crippen molar-refractivity contribution in [2.24, 2.45) is 0 Å². The number of benzene rings is 3. The van der Waals surface area contributed by atoms with Gasteiger partial charge in [-0.15, -0.1) is 0 Å². The van der Waals surface area contributed by atoms with Gasteiger partial charge in [0.05, 0.1) is 5.56 Å². The zero-order chi connectivity index (χ0) is 26.7. The van der Waals surface area contributed by atoms with Gasteiger partial charge in [-0.3, -0.25) is 0 Å². The van der Waals surface area contributed by atoms with E-state index in [4.69, 9.17) is 4.18 Å². The van der Waals surface area contributed by atoms with E-state index in [0.29, 0.717) is 17.3 Å². The molecule has 1 N–H and O–H groups in total. The van der Waals surface area contributed by atoms with Gasteiger partial charge in [0.25, 0.3) is 0 Å². The number of anilines is 1. The molecular weight excluding hydrogens is 493 g/mol. The van der Waals surface area contributed by atoms with Gasteiger partial charge >= 0.3 is 22.3 Å². The average Bonchev–Trinajstić information content (AvgIpc) is 2.79. The summed E-state index contributed by atoms with van der Waals surface area (Å²) in [6.45, 7) is 7.88. The molecule has 0 saturated carbocycles. The lowest BCUT2D eigenvalue weighted by Gasteiger charge is -2.27. The molecule has 3 aromatic carbocycles. The zero-order valence-corrected chi connectivity index (χ0v) is 21.1. The fraction of sp³-hybridized carbons (Fsp3) is 0.269. The van der Waals surface area contributed by atoms with Gasteiger partial charge in [0.1, 0.15) is 10.6 Å². The number of halogens is 3. The van der Waals surface area contributed by atoms with E-state index in [2.05, 4.69) is 5.32 Å². The molecule has 0 unspecified atom stereocenters. The van der Waals surface area contributed by atoms with Crippen LogP contribution in [0.5, 0.6) is 5.75 Å². The maximum atomic E-state index is 12.9. The van der Waals surface area contributed by atoms with Gasteiger partial charge < -0.3 is 14.4 Å². The molecule has 6 nitrogen and oxygen atoms in total. The SMILES string of the molecule is Cc1ccc(NC(=O)N(Cc2ccc(OS(=O)(=O)c3cccc(C(F)(F)F)c3)cc2)C(C)C)c(C)c1. The molecule has 3 aromatic rings. The molecule has 10 heteroatoms. The minimum Gasteiger partial charge on any atom is -0.379 e. The van der Waals surface area contributed by atoms with E-state index in [1.165, 1.54) is 12.1 Å². The van der Waals surface area contributed by atoms with Crippen LogP contribution in [-0.4, -0.2) is 25.4 Å². The van der Waals surface area contributed by atoms with Gasteiger partial charge in [-0.25, -0.2) is 4.79 Å². The van der Waals surface area contributed by atoms with Crippen molar-refractivity contribution in [1.82, 2.24) is 4.90 Å². The standard InChI is InChI=1S/C26H27F3N2O4S/c1-17(2)31(25(32)30-24-13-8-18(3)14-19(24)4)16-20-9-11-22(12-10-20)35-36(33,34)23-7-5-6-21(15-23)26(27,28)29/h5-15,17H,16H2,1-4H3,(H,30,32). The first-order valence-corrected chi connectivity index (χ1v) is 12.5. The van der Waals surface area contributed by atoms with E-state index >= 15 is 0 Å². The van der Waals surface area contributed by atoms with Crippen LogP contribution in [-0.2, 0) is 22.8 Å². The van der Waals surface area contributed by atoms with E-state index < -0.39 is 26.8 Å². The fourth-order valence-electron chi connectivity index (χ4n) is 3.48. The summed E-state index contributed by atoms with van der Waals surface area (Å²) in [5.74, 6) is -0.0630. The number of alkyl halides is 3. The highest BCUT2D eigenvalue weighted by atomic mass is 32.2. The van der Waals surface area contributed by atoms with Crippen LogP contribution in [0.2, 0.25) is 0 Å². The average molecular weight is 521 g/mol. The van der Waals surface area contributed by atoms with Crippen molar-refractivity contribution < 1.29 is 30.6 Å². The number of amides is 2. The van der Waals surface area contributed by atoms with E-state index in [9.17, 15) is 26.4 Å². The molecular formula is C26H27F3N2O4S. The van der Waals surface area contributed by atoms with Gasteiger partial charge in [-0.2, -0.15) is 21.6 Å². The highest BCUT2D eigenvalue weighted by Crippen LogP contribution is 2.31. The highest BCUT2D eigenvalue weighted by molar-refractivity contribution is 7.87. The third kappa shape index (κ3) is 6.78. The Morgan fingerprint density at radius 1 is 1.00 bits per heavy atom. The second kappa shape index (κ2) is 10.6. The zero-order valence-electron chi connectivity index (χ0n) is 20.3. The minimum absolute atomic E-state index is 0.0630. The molecule has 0 aliphatic rings. The number of hydrogen-bond donors (Lipinski definition) is 1. The largest absolute Gasteiger partial charge is 0.416 e. The van der Waals surface area contributed by atoms with Crippen LogP contribution in [0.25, 0.3) is 0 Å². The van der Waals surface area contributed by atoms with Gasteiger partial charge in [0, 0.05) is 18.3 Å². The molecule has 0 atom stereocenters. The quantitative estimate of drug-likeness (QED) is 0.359. The van der Waals surface area contributed by atoms with Crippen LogP contribution in [0.3, 0.4) is 0 Å². The number of urea groups is 1. The summed E-state index contributed by atoms with van der Waals surface area (Å²) >= 11 is 0. The summed E-state index contributed by atoms with van der Waals surface area (Å²) in [7, 11) is -4.48. The number of carbonyl (C=O) groups is 1. The molecule has 0 aliphatic heterocycles. The molecule has 36 heavy (non-hydrogen) atoms. The van der Waals surface area contributed by atoms with Crippen LogP contribution >= 0.6 is 0 Å². The van der Waals surface area contributed by atoms with Crippen molar-refractivity contribution in [3.63, 3.8) is 0 Å². The Morgan fingerprint density at radius 2 is 1.67 bits per heavy atom. The predicted octanol–water partition coefficient (Wildman–Crippen LogP) is 6.53. The molecule has 0 radical (unpaired) electrons. The minimum atomic E-state index is -4.68. The summed E-state index contributed by atoms with van der Waals surface area (Å²) in [5.41, 5.74) is 2.36. The Balaban J connectivity index is 1.72. The number of hydrogen-bond acceptors (Lipinski definition) is 4. The first-order chi connectivity index (χ1) is 16.8. The molecule has 0 spiro atoms. The molecule has 0 saturated heterocycles. The number of carbonyl (C=O) groups excluding carboxylic acids is 1. The first-order valence-electron chi connectivity index (χ1n) is 11.1. The molecule has 0 aliphatic carbocycles. The van der Waals surface area contributed by atoms with Gasteiger partial charge in [-0.05, 0) is 75.2 Å². The molecule has 3 rings (SSSR count). The van der Waals surface area contributed by atoms with Crippen molar-refractivity contribution in [1.29, 1.82) is 0 Å². The van der Waals surface area contributed by atoms with Crippen molar-refractivity contribution in [2.75, 3.05) is 5.32 Å². The summed E-state index contributed by atoms with van der Waals surface area (Å²) in [6.07, 6.45) is -4.68. The summed E-state index contributed by atoms with van der Waals surface area (Å²) < 4.78 is 68.8. The lowest BCUT2D eigenvalue weighted by Crippen LogP contribution is -2.39. The van der Waals surface area contributed by atoms with Crippen LogP contribution in [0.4, 0.5) is 23.7 Å². The molecule has 0 fully saturated rings. The molecule has 0 heterocycles. The maximum absolute atomic E-state index is 12.9. The van der Waals surface area contributed by atoms with Crippen molar-refractivity contribution >= 4 is 21.8 Å². The normalized spacial score (nSPS) is 11.9. The van der Waals surface area contributed by atoms with E-state index in [1.807, 2.05) is 45.9 Å². The van der Waals surface area contributed by atoms with Crippen molar-refractivity contribution in [2.45, 2.75) is 51.4 Å². The number of nitrogens with one attached hydrogen (secondary N) is 1. The van der Waals surface area contributed by atoms with Crippen LogP contribution in [0.1, 0.15) is 36.1 Å². The second-order valence-corrected chi connectivity index (χ2v) is 10.2. The Labute approximate surface area is 208 Å². The lowest BCUT2D eigenvalue weighted by atomic mass is 10.1. The van der Waals surface area contributed by atoms with Gasteiger partial charge in [0.15, 0.2) is 0 Å². The lowest BCUT2D eigenvalue weighted by molar-refractivity contribution is -0.137. The molecule has 0 aromatic heterocycles. The van der Waals surface area contributed by atoms with Crippen molar-refractivity contribution in [3.8, 4) is 5.75 Å². The number of rotatable bonds is 7. The van der Waals surface area contributed by atoms with Gasteiger partial charge in [0.2, 0.25) is 0 Å². The number of nitrogens with zero attached hydrogens (tertiary/aromatic N) is 1. The predicted molar refractivity (Wildman–Crippen MR) is 131 cm³/mol. The number of aryl methyl sites for hydroxylation is 2. The third-order valence-corrected chi connectivity index (χ3v) is 6.68. The van der Waals surface area contributed by atoms with Crippen LogP contribution in [0.15, 0.2) is 71.6 Å². The topological polar surface area (TPSA) is 75.7 Å². The first kappa shape index (κ1) is 27.1. The summed E-state index contributed by atoms with van der Waals surface area (Å²) in [6, 6.07) is 14.6. The van der Waals surface area contributed by atoms with Crippen LogP contribution in [0, 0.1) is 13.8 Å². The Bertz CT molecular complexity index is 1340. The second-order valence-electron chi connectivity index (χ2n) is 8.68. The van der Waals surface area contributed by atoms with E-state index in [1.54, 1.807) is 17.0 Å². The molecule has 2 amide bonds. The fourth-order valence-corrected chi connectivity index (χ4v) is 4.46. The molecule has 0 bridgehead atoms. The van der Waals surface area contributed by atoms with Crippen molar-refractivity contribution in [3.05, 3.63) is 89.0 Å². The smallest absolute Gasteiger partial charge is 0.379 e. The highest BCUT2D eigenvalue weighted by Gasteiger charge is 2.32. The van der Waals surface area contributed by atoms with E-state index in [-0.39, 0.29) is 24.4 Å². The Hall–Kier alpha value is -3.53. The maximum Gasteiger partial charge on any atom is 0.416 e. The van der Waals surface area contributed by atoms with Crippen LogP contribution < -0.4 is 9.50 Å². The van der Waals surface area contributed by atoms with E-state index in [0.717, 1.165) is 29.3 Å². The van der Waals surface area contributed by atoms with Gasteiger partial charge in [-0.1, -0.05) is 35.9 Å². The summed E-state index contributed by atoms with van der Waals surface area (Å²) in [5, 5.41) is 2.92.